The number of aliphatic hydroxyl groups excluding tert-OH is 2. The minimum Gasteiger partial charge on any atom is -0.547 e. The molecule has 0 rings (SSSR count). The third kappa shape index (κ3) is 7.67. The van der Waals surface area contributed by atoms with E-state index < -0.39 is 36.2 Å². The van der Waals surface area contributed by atoms with Crippen molar-refractivity contribution in [2.75, 3.05) is 0 Å². The van der Waals surface area contributed by atoms with Crippen molar-refractivity contribution in [2.45, 2.75) is 25.2 Å². The van der Waals surface area contributed by atoms with E-state index in [0.29, 0.717) is 0 Å². The highest BCUT2D eigenvalue weighted by molar-refractivity contribution is 5.82. The van der Waals surface area contributed by atoms with E-state index in [1.807, 2.05) is 0 Å². The van der Waals surface area contributed by atoms with Gasteiger partial charge < -0.3 is 36.1 Å². The maximum atomic E-state index is 9.74. The highest BCUT2D eigenvalue weighted by Crippen LogP contribution is 1.90. The van der Waals surface area contributed by atoms with E-state index >= 15 is 0 Å². The fourth-order valence-corrected chi connectivity index (χ4v) is 0.264. The molecule has 9 heteroatoms. The van der Waals surface area contributed by atoms with Gasteiger partial charge in [0.1, 0.15) is 6.10 Å². The van der Waals surface area contributed by atoms with E-state index in [1.54, 1.807) is 0 Å². The van der Waals surface area contributed by atoms with Gasteiger partial charge in [-0.05, 0) is 6.92 Å². The number of hydrogen-bond donors (Lipinski definition) is 5. The SMILES string of the molecule is C[C@H]([NH3+])C(=O)O.O=C([O-])[C@@H](O)[C@H](O)C(=O)O. The van der Waals surface area contributed by atoms with Crippen LogP contribution in [0.2, 0.25) is 0 Å². The molecule has 0 aromatic heterocycles. The van der Waals surface area contributed by atoms with Crippen molar-refractivity contribution in [3.63, 3.8) is 0 Å². The lowest BCUT2D eigenvalue weighted by Crippen LogP contribution is -2.63. The second-order valence-electron chi connectivity index (χ2n) is 2.79. The Balaban J connectivity index is 0. The summed E-state index contributed by atoms with van der Waals surface area (Å²) >= 11 is 0. The van der Waals surface area contributed by atoms with Crippen LogP contribution in [0.4, 0.5) is 0 Å². The molecule has 0 aromatic rings. The summed E-state index contributed by atoms with van der Waals surface area (Å²) in [5, 5.41) is 42.1. The highest BCUT2D eigenvalue weighted by Gasteiger charge is 2.23. The molecular weight excluding hydrogens is 226 g/mol. The van der Waals surface area contributed by atoms with Crippen LogP contribution in [0.5, 0.6) is 0 Å². The lowest BCUT2D eigenvalue weighted by Gasteiger charge is -2.13. The lowest BCUT2D eigenvalue weighted by molar-refractivity contribution is -0.402. The molecular formula is C7H13NO8. The molecule has 0 aliphatic carbocycles. The number of carboxylic acids is 3. The smallest absolute Gasteiger partial charge is 0.362 e. The number of quaternary nitrogens is 1. The summed E-state index contributed by atoms with van der Waals surface area (Å²) in [6.45, 7) is 1.53. The zero-order valence-corrected chi connectivity index (χ0v) is 8.36. The van der Waals surface area contributed by atoms with Gasteiger partial charge in [-0.25, -0.2) is 9.59 Å². The first-order valence-electron chi connectivity index (χ1n) is 3.97. The Morgan fingerprint density at radius 3 is 1.44 bits per heavy atom. The number of aliphatic hydroxyl groups is 2. The minimum absolute atomic E-state index is 0.481. The van der Waals surface area contributed by atoms with Crippen molar-refractivity contribution >= 4 is 17.9 Å². The molecule has 0 fully saturated rings. The molecule has 0 heterocycles. The first-order valence-corrected chi connectivity index (χ1v) is 3.97. The molecule has 0 aromatic carbocycles. The van der Waals surface area contributed by atoms with Crippen LogP contribution in [0.15, 0.2) is 0 Å². The summed E-state index contributed by atoms with van der Waals surface area (Å²) in [5.41, 5.74) is 3.24. The van der Waals surface area contributed by atoms with Crippen molar-refractivity contribution < 1.29 is 45.6 Å². The number of carboxylic acid groups (broad SMARTS) is 3. The highest BCUT2D eigenvalue weighted by atomic mass is 16.4. The molecule has 0 radical (unpaired) electrons. The van der Waals surface area contributed by atoms with Gasteiger partial charge in [-0.3, -0.25) is 0 Å². The van der Waals surface area contributed by atoms with Crippen LogP contribution < -0.4 is 10.8 Å². The van der Waals surface area contributed by atoms with Crippen LogP contribution in [0.25, 0.3) is 0 Å². The molecule has 0 saturated heterocycles. The lowest BCUT2D eigenvalue weighted by atomic mass is 10.2. The molecule has 0 amide bonds. The molecule has 0 unspecified atom stereocenters. The van der Waals surface area contributed by atoms with Gasteiger partial charge in [0, 0.05) is 0 Å². The standard InChI is InChI=1S/C4H6O6.C3H7NO2/c5-1(3(7)8)2(6)4(9)10;1-2(4)3(5)6/h1-2,5-6H,(H,7,8)(H,9,10);2H,4H2,1H3,(H,5,6)/t1-,2-;2-/m00/s1. The predicted octanol–water partition coefficient (Wildman–Crippen LogP) is -4.76. The largest absolute Gasteiger partial charge is 0.547 e. The molecule has 16 heavy (non-hydrogen) atoms. The molecule has 0 aliphatic rings. The fraction of sp³-hybridized carbons (Fsp3) is 0.571. The average molecular weight is 239 g/mol. The molecule has 9 nitrogen and oxygen atoms in total. The maximum Gasteiger partial charge on any atom is 0.362 e. The minimum atomic E-state index is -2.38. The third-order valence-electron chi connectivity index (χ3n) is 1.22. The van der Waals surface area contributed by atoms with Crippen LogP contribution >= 0.6 is 0 Å². The van der Waals surface area contributed by atoms with E-state index in [1.165, 1.54) is 6.92 Å². The fourth-order valence-electron chi connectivity index (χ4n) is 0.264. The normalized spacial score (nSPS) is 15.0. The number of carbonyl (C=O) groups excluding carboxylic acids is 1. The van der Waals surface area contributed by atoms with Crippen molar-refractivity contribution in [3.8, 4) is 0 Å². The van der Waals surface area contributed by atoms with Crippen molar-refractivity contribution in [1.82, 2.24) is 0 Å². The van der Waals surface area contributed by atoms with Crippen molar-refractivity contribution in [1.29, 1.82) is 0 Å². The quantitative estimate of drug-likeness (QED) is 0.323. The Morgan fingerprint density at radius 1 is 1.06 bits per heavy atom. The Hall–Kier alpha value is -1.71. The van der Waals surface area contributed by atoms with E-state index in [2.05, 4.69) is 5.73 Å². The van der Waals surface area contributed by atoms with Gasteiger partial charge in [0.2, 0.25) is 0 Å². The van der Waals surface area contributed by atoms with Gasteiger partial charge in [0.05, 0.1) is 5.97 Å². The molecule has 0 aliphatic heterocycles. The van der Waals surface area contributed by atoms with Gasteiger partial charge in [-0.2, -0.15) is 0 Å². The summed E-state index contributed by atoms with van der Waals surface area (Å²) < 4.78 is 0. The number of carbonyl (C=O) groups is 3. The summed E-state index contributed by atoms with van der Waals surface area (Å²) in [6, 6.07) is -0.481. The Labute approximate surface area is 89.7 Å². The zero-order chi connectivity index (χ0) is 13.5. The summed E-state index contributed by atoms with van der Waals surface area (Å²) in [6.07, 6.45) is -4.71. The van der Waals surface area contributed by atoms with Crippen LogP contribution in [0.1, 0.15) is 6.92 Å². The zero-order valence-electron chi connectivity index (χ0n) is 8.36. The summed E-state index contributed by atoms with van der Waals surface area (Å²) in [4.78, 5) is 29.0. The van der Waals surface area contributed by atoms with Gasteiger partial charge in [-0.1, -0.05) is 0 Å². The summed E-state index contributed by atoms with van der Waals surface area (Å²) in [7, 11) is 0. The van der Waals surface area contributed by atoms with Gasteiger partial charge in [-0.15, -0.1) is 0 Å². The Kier molecular flexibility index (Phi) is 7.90. The molecule has 3 atom stereocenters. The first kappa shape index (κ1) is 16.7. The second-order valence-corrected chi connectivity index (χ2v) is 2.79. The number of aliphatic carboxylic acids is 3. The topological polar surface area (TPSA) is 183 Å². The molecule has 7 N–H and O–H groups in total. The van der Waals surface area contributed by atoms with Crippen LogP contribution in [-0.2, 0) is 14.4 Å². The van der Waals surface area contributed by atoms with E-state index in [0.717, 1.165) is 0 Å². The Bertz CT molecular complexity index is 245. The summed E-state index contributed by atoms with van der Waals surface area (Å²) in [5.74, 6) is -4.68. The number of rotatable bonds is 4. The van der Waals surface area contributed by atoms with Crippen LogP contribution in [0, 0.1) is 0 Å². The van der Waals surface area contributed by atoms with Crippen LogP contribution in [-0.4, -0.2) is 56.6 Å². The second kappa shape index (κ2) is 7.56. The molecule has 94 valence electrons. The van der Waals surface area contributed by atoms with Gasteiger partial charge in [0.25, 0.3) is 0 Å². The monoisotopic (exact) mass is 239 g/mol. The van der Waals surface area contributed by atoms with Gasteiger partial charge >= 0.3 is 11.9 Å². The predicted molar refractivity (Wildman–Crippen MR) is 44.6 cm³/mol. The molecule has 0 spiro atoms. The van der Waals surface area contributed by atoms with Crippen molar-refractivity contribution in [2.24, 2.45) is 0 Å². The Morgan fingerprint density at radius 2 is 1.38 bits per heavy atom. The van der Waals surface area contributed by atoms with E-state index in [-0.39, 0.29) is 0 Å². The molecule has 0 saturated carbocycles. The van der Waals surface area contributed by atoms with Gasteiger partial charge in [0.15, 0.2) is 12.1 Å². The number of hydrogen-bond acceptors (Lipinski definition) is 6. The maximum absolute atomic E-state index is 9.74. The van der Waals surface area contributed by atoms with Crippen molar-refractivity contribution in [3.05, 3.63) is 0 Å². The first-order chi connectivity index (χ1) is 7.11. The average Bonchev–Trinajstić information content (AvgIpc) is 2.15. The van der Waals surface area contributed by atoms with E-state index in [9.17, 15) is 19.5 Å². The molecule has 0 bridgehead atoms. The third-order valence-corrected chi connectivity index (χ3v) is 1.22. The van der Waals surface area contributed by atoms with E-state index in [4.69, 9.17) is 20.4 Å². The van der Waals surface area contributed by atoms with Crippen LogP contribution in [0.3, 0.4) is 0 Å².